The molecule has 2 amide bonds. The Hall–Kier alpha value is -3.67. The van der Waals surface area contributed by atoms with Crippen LogP contribution in [0, 0.1) is 0 Å². The Bertz CT molecular complexity index is 810. The van der Waals surface area contributed by atoms with Crippen LogP contribution in [-0.4, -0.2) is 68.3 Å². The number of nitrogens with one attached hydrogen (secondary N) is 2. The summed E-state index contributed by atoms with van der Waals surface area (Å²) in [6.45, 7) is 0. The lowest BCUT2D eigenvalue weighted by Crippen LogP contribution is -2.54. The number of nitrogens with two attached hydrogens (primary N) is 1. The average molecular weight is 439 g/mol. The number of rotatable bonds is 13. The Morgan fingerprint density at radius 2 is 1.29 bits per heavy atom. The molecule has 1 rings (SSSR count). The second-order valence-corrected chi connectivity index (χ2v) is 6.80. The summed E-state index contributed by atoms with van der Waals surface area (Å²) in [6, 6.07) is 1.90. The molecule has 12 nitrogen and oxygen atoms in total. The van der Waals surface area contributed by atoms with E-state index in [-0.39, 0.29) is 18.6 Å². The molecule has 0 saturated carbocycles. The lowest BCUT2D eigenvalue weighted by molar-refractivity contribution is -0.144. The van der Waals surface area contributed by atoms with Gasteiger partial charge in [-0.2, -0.15) is 0 Å². The van der Waals surface area contributed by atoms with E-state index in [4.69, 9.17) is 21.1 Å². The molecule has 0 heterocycles. The number of carboxylic acids is 3. The lowest BCUT2D eigenvalue weighted by atomic mass is 10.0. The number of hydrogen-bond acceptors (Lipinski definition) is 7. The SMILES string of the molecule is NC(Cc1ccc(O)cc1)C(=O)NC(CCC(=O)O)C(=O)NC(CCC(=O)O)C(=O)O. The summed E-state index contributed by atoms with van der Waals surface area (Å²) in [5, 5.41) is 40.4. The Kier molecular flexibility index (Phi) is 9.92. The maximum Gasteiger partial charge on any atom is 0.326 e. The molecular weight excluding hydrogens is 414 g/mol. The number of carboxylic acid groups (broad SMARTS) is 3. The molecule has 0 aliphatic heterocycles. The Balaban J connectivity index is 2.82. The fourth-order valence-electron chi connectivity index (χ4n) is 2.59. The van der Waals surface area contributed by atoms with Gasteiger partial charge in [0.05, 0.1) is 6.04 Å². The van der Waals surface area contributed by atoms with Crippen molar-refractivity contribution in [1.29, 1.82) is 0 Å². The third-order valence-electron chi connectivity index (χ3n) is 4.27. The molecule has 8 N–H and O–H groups in total. The quantitative estimate of drug-likeness (QED) is 0.200. The van der Waals surface area contributed by atoms with Crippen molar-refractivity contribution in [1.82, 2.24) is 10.6 Å². The molecule has 0 aliphatic rings. The van der Waals surface area contributed by atoms with Crippen molar-refractivity contribution in [2.75, 3.05) is 0 Å². The highest BCUT2D eigenvalue weighted by atomic mass is 16.4. The van der Waals surface area contributed by atoms with Crippen LogP contribution in [0.15, 0.2) is 24.3 Å². The van der Waals surface area contributed by atoms with Crippen molar-refractivity contribution in [3.63, 3.8) is 0 Å². The first-order chi connectivity index (χ1) is 14.5. The molecule has 3 unspecified atom stereocenters. The van der Waals surface area contributed by atoms with Crippen LogP contribution in [-0.2, 0) is 30.4 Å². The zero-order valence-corrected chi connectivity index (χ0v) is 16.5. The largest absolute Gasteiger partial charge is 0.508 e. The van der Waals surface area contributed by atoms with Crippen molar-refractivity contribution in [2.24, 2.45) is 5.73 Å². The molecule has 0 aromatic heterocycles. The number of carbonyl (C=O) groups excluding carboxylic acids is 2. The van der Waals surface area contributed by atoms with Crippen molar-refractivity contribution < 1.29 is 44.4 Å². The number of amides is 2. The minimum atomic E-state index is -1.53. The van der Waals surface area contributed by atoms with Crippen LogP contribution in [0.5, 0.6) is 5.75 Å². The third kappa shape index (κ3) is 9.58. The molecule has 0 bridgehead atoms. The molecule has 0 fully saturated rings. The second kappa shape index (κ2) is 12.1. The van der Waals surface area contributed by atoms with E-state index in [1.807, 2.05) is 0 Å². The maximum absolute atomic E-state index is 12.5. The van der Waals surface area contributed by atoms with Gasteiger partial charge in [-0.1, -0.05) is 12.1 Å². The van der Waals surface area contributed by atoms with Crippen LogP contribution in [0.2, 0.25) is 0 Å². The van der Waals surface area contributed by atoms with Gasteiger partial charge in [-0.3, -0.25) is 19.2 Å². The van der Waals surface area contributed by atoms with Crippen molar-refractivity contribution >= 4 is 29.7 Å². The van der Waals surface area contributed by atoms with E-state index in [0.717, 1.165) is 0 Å². The number of phenolic OH excluding ortho intramolecular Hbond substituents is 1. The average Bonchev–Trinajstić information content (AvgIpc) is 2.68. The smallest absolute Gasteiger partial charge is 0.326 e. The van der Waals surface area contributed by atoms with E-state index in [2.05, 4.69) is 10.6 Å². The predicted molar refractivity (Wildman–Crippen MR) is 105 cm³/mol. The second-order valence-electron chi connectivity index (χ2n) is 6.80. The topological polar surface area (TPSA) is 216 Å². The Morgan fingerprint density at radius 1 is 0.806 bits per heavy atom. The van der Waals surface area contributed by atoms with Gasteiger partial charge in [0.25, 0.3) is 0 Å². The number of hydrogen-bond donors (Lipinski definition) is 7. The number of carbonyl (C=O) groups is 5. The summed E-state index contributed by atoms with van der Waals surface area (Å²) in [7, 11) is 0. The Morgan fingerprint density at radius 3 is 1.77 bits per heavy atom. The molecule has 3 atom stereocenters. The van der Waals surface area contributed by atoms with Gasteiger partial charge in [0, 0.05) is 12.8 Å². The fraction of sp³-hybridized carbons (Fsp3) is 0.421. The normalized spacial score (nSPS) is 13.5. The van der Waals surface area contributed by atoms with Gasteiger partial charge in [-0.25, -0.2) is 4.79 Å². The first kappa shape index (κ1) is 25.4. The standard InChI is InChI=1S/C19H25N3O9/c20-12(9-10-1-3-11(23)4-2-10)17(28)21-13(5-7-15(24)25)18(29)22-14(19(30)31)6-8-16(26)27/h1-4,12-14,23H,5-9,20H2,(H,21,28)(H,22,29)(H,24,25)(H,26,27)(H,30,31). The predicted octanol–water partition coefficient (Wildman–Crippen LogP) is -0.954. The molecular formula is C19H25N3O9. The highest BCUT2D eigenvalue weighted by Gasteiger charge is 2.28. The Labute approximate surface area is 177 Å². The van der Waals surface area contributed by atoms with Gasteiger partial charge in [-0.15, -0.1) is 0 Å². The number of aliphatic carboxylic acids is 3. The van der Waals surface area contributed by atoms with Crippen LogP contribution >= 0.6 is 0 Å². The van der Waals surface area contributed by atoms with E-state index in [1.165, 1.54) is 12.1 Å². The molecule has 170 valence electrons. The van der Waals surface area contributed by atoms with Crippen LogP contribution < -0.4 is 16.4 Å². The van der Waals surface area contributed by atoms with Crippen molar-refractivity contribution in [3.8, 4) is 5.75 Å². The summed E-state index contributed by atoms with van der Waals surface area (Å²) in [4.78, 5) is 57.7. The number of aromatic hydroxyl groups is 1. The molecule has 12 heteroatoms. The van der Waals surface area contributed by atoms with E-state index in [1.54, 1.807) is 12.1 Å². The first-order valence-electron chi connectivity index (χ1n) is 9.30. The van der Waals surface area contributed by atoms with E-state index >= 15 is 0 Å². The molecule has 1 aromatic rings. The maximum atomic E-state index is 12.5. The summed E-state index contributed by atoms with van der Waals surface area (Å²) in [5.74, 6) is -5.66. The highest BCUT2D eigenvalue weighted by molar-refractivity contribution is 5.92. The molecule has 0 saturated heterocycles. The van der Waals surface area contributed by atoms with Crippen molar-refractivity contribution in [3.05, 3.63) is 29.8 Å². The van der Waals surface area contributed by atoms with Crippen LogP contribution in [0.4, 0.5) is 0 Å². The molecule has 1 aromatic carbocycles. The zero-order chi connectivity index (χ0) is 23.6. The van der Waals surface area contributed by atoms with Crippen molar-refractivity contribution in [2.45, 2.75) is 50.2 Å². The molecule has 0 spiro atoms. The monoisotopic (exact) mass is 439 g/mol. The van der Waals surface area contributed by atoms with Crippen LogP contribution in [0.25, 0.3) is 0 Å². The third-order valence-corrected chi connectivity index (χ3v) is 4.27. The van der Waals surface area contributed by atoms with Gasteiger partial charge < -0.3 is 36.8 Å². The highest BCUT2D eigenvalue weighted by Crippen LogP contribution is 2.11. The van der Waals surface area contributed by atoms with E-state index < -0.39 is 67.1 Å². The number of benzene rings is 1. The fourth-order valence-corrected chi connectivity index (χ4v) is 2.59. The van der Waals surface area contributed by atoms with Gasteiger partial charge >= 0.3 is 17.9 Å². The molecule has 0 radical (unpaired) electrons. The molecule has 0 aliphatic carbocycles. The zero-order valence-electron chi connectivity index (χ0n) is 16.5. The summed E-state index contributed by atoms with van der Waals surface area (Å²) < 4.78 is 0. The summed E-state index contributed by atoms with van der Waals surface area (Å²) in [6.07, 6.45) is -1.66. The van der Waals surface area contributed by atoms with Gasteiger partial charge in [0.15, 0.2) is 0 Å². The lowest BCUT2D eigenvalue weighted by Gasteiger charge is -2.22. The van der Waals surface area contributed by atoms with Crippen LogP contribution in [0.1, 0.15) is 31.2 Å². The molecule has 31 heavy (non-hydrogen) atoms. The number of phenols is 1. The summed E-state index contributed by atoms with van der Waals surface area (Å²) >= 11 is 0. The van der Waals surface area contributed by atoms with Crippen LogP contribution in [0.3, 0.4) is 0 Å². The van der Waals surface area contributed by atoms with Gasteiger partial charge in [0.2, 0.25) is 11.8 Å². The van der Waals surface area contributed by atoms with E-state index in [0.29, 0.717) is 5.56 Å². The van der Waals surface area contributed by atoms with E-state index in [9.17, 15) is 29.1 Å². The van der Waals surface area contributed by atoms with Gasteiger partial charge in [0.1, 0.15) is 17.8 Å². The first-order valence-corrected chi connectivity index (χ1v) is 9.30. The van der Waals surface area contributed by atoms with Gasteiger partial charge in [-0.05, 0) is 37.0 Å². The minimum Gasteiger partial charge on any atom is -0.508 e. The minimum absolute atomic E-state index is 0.0306. The summed E-state index contributed by atoms with van der Waals surface area (Å²) in [5.41, 5.74) is 6.47.